The van der Waals surface area contributed by atoms with Crippen molar-refractivity contribution in [2.24, 2.45) is 7.05 Å². The summed E-state index contributed by atoms with van der Waals surface area (Å²) < 4.78 is 9.02. The summed E-state index contributed by atoms with van der Waals surface area (Å²) in [4.78, 5) is 4.47. The lowest BCUT2D eigenvalue weighted by Gasteiger charge is -2.04. The number of hydrogen-bond donors (Lipinski definition) is 0. The zero-order valence-corrected chi connectivity index (χ0v) is 13.9. The molecule has 24 heavy (non-hydrogen) atoms. The molecule has 8 heteroatoms. The van der Waals surface area contributed by atoms with E-state index in [1.54, 1.807) is 4.68 Å². The van der Waals surface area contributed by atoms with Crippen LogP contribution in [0, 0.1) is 6.92 Å². The fraction of sp³-hybridized carbons (Fsp3) is 0.312. The maximum atomic E-state index is 5.41. The Bertz CT molecular complexity index is 1020. The zero-order valence-electron chi connectivity index (χ0n) is 13.9. The molecule has 0 N–H and O–H groups in total. The van der Waals surface area contributed by atoms with Crippen LogP contribution < -0.4 is 0 Å². The summed E-state index contributed by atoms with van der Waals surface area (Å²) in [5, 5.41) is 16.8. The van der Waals surface area contributed by atoms with Crippen LogP contribution in [0.25, 0.3) is 34.0 Å². The van der Waals surface area contributed by atoms with Gasteiger partial charge in [0.15, 0.2) is 0 Å². The SMILES string of the molecule is Cc1cn(C)nc1-c1noc(-c2ccc3c(c2)nnn3C(C)C)n1. The standard InChI is InChI=1S/C16H17N7O/c1-9(2)23-13-6-5-11(7-12(13)18-21-23)16-17-15(20-24-16)14-10(3)8-22(4)19-14/h5-9H,1-4H3. The molecule has 0 aliphatic heterocycles. The predicted molar refractivity (Wildman–Crippen MR) is 88.1 cm³/mol. The topological polar surface area (TPSA) is 87.5 Å². The van der Waals surface area contributed by atoms with E-state index in [0.717, 1.165) is 27.9 Å². The van der Waals surface area contributed by atoms with Gasteiger partial charge in [0.1, 0.15) is 11.2 Å². The van der Waals surface area contributed by atoms with E-state index >= 15 is 0 Å². The van der Waals surface area contributed by atoms with Crippen LogP contribution in [-0.4, -0.2) is 34.9 Å². The van der Waals surface area contributed by atoms with Crippen molar-refractivity contribution in [2.75, 3.05) is 0 Å². The lowest BCUT2D eigenvalue weighted by Crippen LogP contribution is -2.02. The molecule has 0 unspecified atom stereocenters. The van der Waals surface area contributed by atoms with Crippen LogP contribution in [0.2, 0.25) is 0 Å². The normalized spacial score (nSPS) is 11.7. The third-order valence-corrected chi connectivity index (χ3v) is 3.86. The van der Waals surface area contributed by atoms with Gasteiger partial charge in [0.25, 0.3) is 5.89 Å². The summed E-state index contributed by atoms with van der Waals surface area (Å²) in [6.45, 7) is 6.11. The Hall–Kier alpha value is -3.03. The molecular weight excluding hydrogens is 306 g/mol. The van der Waals surface area contributed by atoms with E-state index in [4.69, 9.17) is 4.52 Å². The van der Waals surface area contributed by atoms with E-state index in [2.05, 4.69) is 39.4 Å². The van der Waals surface area contributed by atoms with Crippen LogP contribution in [-0.2, 0) is 7.05 Å². The van der Waals surface area contributed by atoms with Crippen molar-refractivity contribution in [1.29, 1.82) is 0 Å². The van der Waals surface area contributed by atoms with Gasteiger partial charge in [-0.3, -0.25) is 4.68 Å². The van der Waals surface area contributed by atoms with E-state index in [-0.39, 0.29) is 6.04 Å². The second kappa shape index (κ2) is 5.26. The van der Waals surface area contributed by atoms with Gasteiger partial charge in [-0.2, -0.15) is 10.1 Å². The van der Waals surface area contributed by atoms with E-state index < -0.39 is 0 Å². The molecule has 0 saturated carbocycles. The van der Waals surface area contributed by atoms with Crippen molar-refractivity contribution in [3.05, 3.63) is 30.0 Å². The molecule has 0 fully saturated rings. The second-order valence-electron chi connectivity index (χ2n) is 6.09. The van der Waals surface area contributed by atoms with E-state index in [1.807, 2.05) is 43.0 Å². The van der Waals surface area contributed by atoms with E-state index in [1.165, 1.54) is 0 Å². The number of rotatable bonds is 3. The van der Waals surface area contributed by atoms with Gasteiger partial charge in [-0.25, -0.2) is 4.68 Å². The van der Waals surface area contributed by atoms with Crippen LogP contribution >= 0.6 is 0 Å². The Morgan fingerprint density at radius 1 is 1.21 bits per heavy atom. The molecule has 0 amide bonds. The van der Waals surface area contributed by atoms with Crippen LogP contribution in [0.15, 0.2) is 28.9 Å². The van der Waals surface area contributed by atoms with Gasteiger partial charge in [-0.05, 0) is 44.5 Å². The quantitative estimate of drug-likeness (QED) is 0.576. The summed E-state index contributed by atoms with van der Waals surface area (Å²) in [6, 6.07) is 6.07. The van der Waals surface area contributed by atoms with Gasteiger partial charge in [0.05, 0.1) is 5.52 Å². The van der Waals surface area contributed by atoms with Crippen molar-refractivity contribution in [3.8, 4) is 23.0 Å². The first-order valence-corrected chi connectivity index (χ1v) is 7.72. The Kier molecular flexibility index (Phi) is 3.19. The second-order valence-corrected chi connectivity index (χ2v) is 6.09. The minimum Gasteiger partial charge on any atom is -0.334 e. The van der Waals surface area contributed by atoms with Crippen LogP contribution in [0.4, 0.5) is 0 Å². The molecule has 3 heterocycles. The van der Waals surface area contributed by atoms with Crippen LogP contribution in [0.5, 0.6) is 0 Å². The van der Waals surface area contributed by atoms with Crippen LogP contribution in [0.1, 0.15) is 25.5 Å². The first-order valence-electron chi connectivity index (χ1n) is 7.72. The highest BCUT2D eigenvalue weighted by atomic mass is 16.5. The van der Waals surface area contributed by atoms with Crippen molar-refractivity contribution < 1.29 is 4.52 Å². The highest BCUT2D eigenvalue weighted by Crippen LogP contribution is 2.26. The Morgan fingerprint density at radius 2 is 2.04 bits per heavy atom. The minimum atomic E-state index is 0.253. The summed E-state index contributed by atoms with van der Waals surface area (Å²) in [6.07, 6.45) is 1.92. The Labute approximate surface area is 138 Å². The van der Waals surface area contributed by atoms with Gasteiger partial charge in [-0.1, -0.05) is 10.4 Å². The molecule has 122 valence electrons. The molecule has 3 aromatic heterocycles. The van der Waals surface area contributed by atoms with Crippen molar-refractivity contribution in [2.45, 2.75) is 26.8 Å². The smallest absolute Gasteiger partial charge is 0.258 e. The average Bonchev–Trinajstić information content (AvgIpc) is 3.24. The number of aromatic nitrogens is 7. The number of nitrogens with zero attached hydrogens (tertiary/aromatic N) is 7. The first kappa shape index (κ1) is 14.6. The summed E-state index contributed by atoms with van der Waals surface area (Å²) in [5.74, 6) is 0.921. The largest absolute Gasteiger partial charge is 0.334 e. The van der Waals surface area contributed by atoms with Gasteiger partial charge >= 0.3 is 0 Å². The van der Waals surface area contributed by atoms with E-state index in [9.17, 15) is 0 Å². The van der Waals surface area contributed by atoms with Gasteiger partial charge in [0.2, 0.25) is 5.82 Å². The van der Waals surface area contributed by atoms with Crippen molar-refractivity contribution in [1.82, 2.24) is 34.9 Å². The highest BCUT2D eigenvalue weighted by Gasteiger charge is 2.16. The lowest BCUT2D eigenvalue weighted by molar-refractivity contribution is 0.432. The number of fused-ring (bicyclic) bond motifs is 1. The highest BCUT2D eigenvalue weighted by molar-refractivity contribution is 5.79. The summed E-state index contributed by atoms with van der Waals surface area (Å²) in [7, 11) is 1.86. The Balaban J connectivity index is 1.74. The predicted octanol–water partition coefficient (Wildman–Crippen LogP) is 2.77. The third kappa shape index (κ3) is 2.27. The Morgan fingerprint density at radius 3 is 2.75 bits per heavy atom. The molecule has 4 aromatic rings. The molecule has 4 rings (SSSR count). The molecule has 0 bridgehead atoms. The third-order valence-electron chi connectivity index (χ3n) is 3.86. The minimum absolute atomic E-state index is 0.253. The summed E-state index contributed by atoms with van der Waals surface area (Å²) >= 11 is 0. The molecule has 0 atom stereocenters. The molecule has 1 aromatic carbocycles. The maximum absolute atomic E-state index is 5.41. The molecule has 0 aliphatic carbocycles. The monoisotopic (exact) mass is 323 g/mol. The van der Waals surface area contributed by atoms with Gasteiger partial charge < -0.3 is 4.52 Å². The van der Waals surface area contributed by atoms with Crippen LogP contribution in [0.3, 0.4) is 0 Å². The maximum Gasteiger partial charge on any atom is 0.258 e. The fourth-order valence-electron chi connectivity index (χ4n) is 2.72. The molecule has 0 aliphatic rings. The number of benzene rings is 1. The number of aryl methyl sites for hydroxylation is 2. The average molecular weight is 323 g/mol. The molecular formula is C16H17N7O. The first-order chi connectivity index (χ1) is 11.5. The summed E-state index contributed by atoms with van der Waals surface area (Å²) in [5.41, 5.74) is 4.31. The van der Waals surface area contributed by atoms with Gasteiger partial charge in [-0.15, -0.1) is 5.10 Å². The van der Waals surface area contributed by atoms with Crippen molar-refractivity contribution >= 4 is 11.0 Å². The van der Waals surface area contributed by atoms with Crippen molar-refractivity contribution in [3.63, 3.8) is 0 Å². The number of hydrogen-bond acceptors (Lipinski definition) is 6. The lowest BCUT2D eigenvalue weighted by atomic mass is 10.2. The molecule has 0 spiro atoms. The van der Waals surface area contributed by atoms with Gasteiger partial charge in [0, 0.05) is 24.8 Å². The fourth-order valence-corrected chi connectivity index (χ4v) is 2.72. The molecule has 8 nitrogen and oxygen atoms in total. The zero-order chi connectivity index (χ0) is 16.8. The molecule has 0 saturated heterocycles. The van der Waals surface area contributed by atoms with E-state index in [0.29, 0.717) is 11.7 Å². The molecule has 0 radical (unpaired) electrons.